The quantitative estimate of drug-likeness (QED) is 0.721. The molecule has 0 aliphatic carbocycles. The third-order valence-electron chi connectivity index (χ3n) is 4.84. The molecule has 1 aliphatic rings. The van der Waals surface area contributed by atoms with Crippen molar-refractivity contribution < 1.29 is 4.79 Å². The zero-order valence-electron chi connectivity index (χ0n) is 13.8. The summed E-state index contributed by atoms with van der Waals surface area (Å²) in [4.78, 5) is 40.4. The van der Waals surface area contributed by atoms with Crippen LogP contribution in [0.5, 0.6) is 0 Å². The Balaban J connectivity index is 2.03. The highest BCUT2D eigenvalue weighted by molar-refractivity contribution is 5.91. The molecule has 4 rings (SSSR count). The molecule has 1 fully saturated rings. The fraction of sp³-hybridized carbons (Fsp3) is 0.250. The summed E-state index contributed by atoms with van der Waals surface area (Å²) in [5, 5.41) is 1.18. The van der Waals surface area contributed by atoms with E-state index in [0.29, 0.717) is 21.7 Å². The van der Waals surface area contributed by atoms with Gasteiger partial charge in [0.2, 0.25) is 5.91 Å². The second kappa shape index (κ2) is 6.16. The molecule has 3 aromatic rings. The Hall–Kier alpha value is -2.95. The second-order valence-electron chi connectivity index (χ2n) is 6.37. The first-order chi connectivity index (χ1) is 12.2. The van der Waals surface area contributed by atoms with Gasteiger partial charge in [-0.3, -0.25) is 19.0 Å². The van der Waals surface area contributed by atoms with Crippen molar-refractivity contribution in [3.05, 3.63) is 69.1 Å². The summed E-state index contributed by atoms with van der Waals surface area (Å²) in [6, 6.07) is 13.8. The van der Waals surface area contributed by atoms with E-state index in [-0.39, 0.29) is 23.4 Å². The summed E-state index contributed by atoms with van der Waals surface area (Å²) < 4.78 is 1.44. The average molecular weight is 334 g/mol. The number of hydrogen-bond acceptors (Lipinski definition) is 3. The third-order valence-corrected chi connectivity index (χ3v) is 4.84. The zero-order valence-corrected chi connectivity index (χ0v) is 13.8. The van der Waals surface area contributed by atoms with E-state index in [1.54, 1.807) is 53.4 Å². The summed E-state index contributed by atoms with van der Waals surface area (Å²) in [6.07, 6.45) is 2.00. The molecule has 5 nitrogen and oxygen atoms in total. The minimum Gasteiger partial charge on any atom is -0.341 e. The lowest BCUT2D eigenvalue weighted by Crippen LogP contribution is -2.34. The van der Waals surface area contributed by atoms with Crippen LogP contribution in [0.2, 0.25) is 0 Å². The number of hydrogen-bond donors (Lipinski definition) is 0. The molecule has 1 aromatic heterocycles. The van der Waals surface area contributed by atoms with Crippen molar-refractivity contribution in [1.29, 1.82) is 0 Å². The molecule has 2 aromatic carbocycles. The van der Waals surface area contributed by atoms with Crippen molar-refractivity contribution >= 4 is 27.6 Å². The molecule has 25 heavy (non-hydrogen) atoms. The normalized spacial score (nSPS) is 14.3. The minimum absolute atomic E-state index is 0.0442. The first-order valence-electron chi connectivity index (χ1n) is 8.49. The van der Waals surface area contributed by atoms with Gasteiger partial charge < -0.3 is 4.90 Å². The predicted molar refractivity (Wildman–Crippen MR) is 97.8 cm³/mol. The van der Waals surface area contributed by atoms with Gasteiger partial charge in [-0.2, -0.15) is 0 Å². The van der Waals surface area contributed by atoms with E-state index in [0.717, 1.165) is 25.9 Å². The van der Waals surface area contributed by atoms with E-state index in [1.165, 1.54) is 4.57 Å². The van der Waals surface area contributed by atoms with E-state index in [2.05, 4.69) is 0 Å². The number of likely N-dealkylation sites (tertiary alicyclic amines) is 1. The third kappa shape index (κ3) is 2.61. The van der Waals surface area contributed by atoms with E-state index in [9.17, 15) is 14.4 Å². The largest absolute Gasteiger partial charge is 0.341 e. The first kappa shape index (κ1) is 15.6. The van der Waals surface area contributed by atoms with Gasteiger partial charge in [-0.25, -0.2) is 0 Å². The molecular weight excluding hydrogens is 316 g/mol. The van der Waals surface area contributed by atoms with Crippen molar-refractivity contribution in [2.45, 2.75) is 19.4 Å². The topological polar surface area (TPSA) is 59.4 Å². The molecule has 5 heteroatoms. The Bertz CT molecular complexity index is 1100. The maximum absolute atomic E-state index is 13.1. The molecule has 1 aliphatic heterocycles. The van der Waals surface area contributed by atoms with Gasteiger partial charge in [0.1, 0.15) is 6.54 Å². The molecule has 1 amide bonds. The van der Waals surface area contributed by atoms with Crippen LogP contribution in [0.25, 0.3) is 21.7 Å². The number of para-hydroxylation sites is 1. The van der Waals surface area contributed by atoms with Crippen LogP contribution >= 0.6 is 0 Å². The second-order valence-corrected chi connectivity index (χ2v) is 6.37. The molecule has 0 radical (unpaired) electrons. The lowest BCUT2D eigenvalue weighted by atomic mass is 10.1. The predicted octanol–water partition coefficient (Wildman–Crippen LogP) is 2.14. The van der Waals surface area contributed by atoms with Crippen LogP contribution in [0.15, 0.2) is 58.1 Å². The summed E-state index contributed by atoms with van der Waals surface area (Å²) in [7, 11) is 0. The highest BCUT2D eigenvalue weighted by Crippen LogP contribution is 2.14. The highest BCUT2D eigenvalue weighted by Gasteiger charge is 2.20. The molecular formula is C20H18N2O3. The van der Waals surface area contributed by atoms with Crippen LogP contribution in [0.1, 0.15) is 12.8 Å². The zero-order chi connectivity index (χ0) is 17.4. The minimum atomic E-state index is -0.304. The monoisotopic (exact) mass is 334 g/mol. The standard InChI is InChI=1S/C20H18N2O3/c23-18(21-11-5-6-12-21)13-22-17-10-4-3-9-16(17)19(24)14-7-1-2-8-15(14)20(22)25/h1-4,7-10H,5-6,11-13H2. The summed E-state index contributed by atoms with van der Waals surface area (Å²) in [6.45, 7) is 1.42. The van der Waals surface area contributed by atoms with E-state index in [4.69, 9.17) is 0 Å². The lowest BCUT2D eigenvalue weighted by Gasteiger charge is -2.16. The van der Waals surface area contributed by atoms with E-state index in [1.807, 2.05) is 0 Å². The first-order valence-corrected chi connectivity index (χ1v) is 8.49. The number of carbonyl (C=O) groups is 1. The van der Waals surface area contributed by atoms with Gasteiger partial charge in [-0.05, 0) is 31.0 Å². The molecule has 0 spiro atoms. The molecule has 0 bridgehead atoms. The Kier molecular flexibility index (Phi) is 3.84. The van der Waals surface area contributed by atoms with Crippen molar-refractivity contribution in [2.75, 3.05) is 13.1 Å². The van der Waals surface area contributed by atoms with Gasteiger partial charge in [0, 0.05) is 23.9 Å². The van der Waals surface area contributed by atoms with Gasteiger partial charge in [-0.15, -0.1) is 0 Å². The molecule has 126 valence electrons. The number of rotatable bonds is 2. The van der Waals surface area contributed by atoms with Crippen molar-refractivity contribution in [1.82, 2.24) is 9.47 Å². The van der Waals surface area contributed by atoms with Crippen LogP contribution in [-0.2, 0) is 11.3 Å². The molecule has 0 saturated carbocycles. The van der Waals surface area contributed by atoms with Crippen LogP contribution < -0.4 is 11.0 Å². The van der Waals surface area contributed by atoms with Crippen molar-refractivity contribution in [3.8, 4) is 0 Å². The molecule has 0 unspecified atom stereocenters. The van der Waals surface area contributed by atoms with Gasteiger partial charge in [0.05, 0.1) is 10.9 Å². The van der Waals surface area contributed by atoms with Gasteiger partial charge in [0.15, 0.2) is 5.43 Å². The smallest absolute Gasteiger partial charge is 0.259 e. The number of aromatic nitrogens is 1. The van der Waals surface area contributed by atoms with Crippen LogP contribution in [0, 0.1) is 0 Å². The number of carbonyl (C=O) groups excluding carboxylic acids is 1. The SMILES string of the molecule is O=C(Cn1c(=O)c2ccccc2c(=O)c2ccccc21)N1CCCC1. The van der Waals surface area contributed by atoms with Gasteiger partial charge in [0.25, 0.3) is 5.56 Å². The maximum atomic E-state index is 13.1. The van der Waals surface area contributed by atoms with E-state index < -0.39 is 0 Å². The summed E-state index contributed by atoms with van der Waals surface area (Å²) in [5.41, 5.74) is 0.0124. The molecule has 2 heterocycles. The van der Waals surface area contributed by atoms with Gasteiger partial charge in [-0.1, -0.05) is 30.3 Å². The maximum Gasteiger partial charge on any atom is 0.259 e. The fourth-order valence-corrected chi connectivity index (χ4v) is 3.53. The highest BCUT2D eigenvalue weighted by atomic mass is 16.2. The number of amides is 1. The van der Waals surface area contributed by atoms with Crippen molar-refractivity contribution in [3.63, 3.8) is 0 Å². The lowest BCUT2D eigenvalue weighted by molar-refractivity contribution is -0.130. The summed E-state index contributed by atoms with van der Waals surface area (Å²) in [5.74, 6) is -0.0764. The molecule has 0 atom stereocenters. The fourth-order valence-electron chi connectivity index (χ4n) is 3.53. The average Bonchev–Trinajstić information content (AvgIpc) is 3.17. The van der Waals surface area contributed by atoms with Crippen LogP contribution in [-0.4, -0.2) is 28.5 Å². The summed E-state index contributed by atoms with van der Waals surface area (Å²) >= 11 is 0. The Morgan fingerprint density at radius 3 is 2.16 bits per heavy atom. The Labute approximate surface area is 144 Å². The molecule has 0 N–H and O–H groups in total. The number of fused-ring (bicyclic) bond motifs is 2. The number of nitrogens with zero attached hydrogens (tertiary/aromatic N) is 2. The van der Waals surface area contributed by atoms with Crippen molar-refractivity contribution in [2.24, 2.45) is 0 Å². The number of benzene rings is 2. The Morgan fingerprint density at radius 2 is 1.44 bits per heavy atom. The van der Waals surface area contributed by atoms with E-state index >= 15 is 0 Å². The molecule has 1 saturated heterocycles. The van der Waals surface area contributed by atoms with Crippen LogP contribution in [0.3, 0.4) is 0 Å². The Morgan fingerprint density at radius 1 is 0.840 bits per heavy atom. The van der Waals surface area contributed by atoms with Crippen LogP contribution in [0.4, 0.5) is 0 Å². The van der Waals surface area contributed by atoms with Gasteiger partial charge >= 0.3 is 0 Å².